The number of amides is 1. The average molecular weight is 405 g/mol. The van der Waals surface area contributed by atoms with Crippen LogP contribution >= 0.6 is 0 Å². The summed E-state index contributed by atoms with van der Waals surface area (Å²) in [6.07, 6.45) is -2.12. The molecule has 0 aromatic heterocycles. The van der Waals surface area contributed by atoms with Crippen LogP contribution in [0, 0.1) is 5.92 Å². The fourth-order valence-electron chi connectivity index (χ4n) is 3.04. The van der Waals surface area contributed by atoms with E-state index in [0.717, 1.165) is 43.8 Å². The van der Waals surface area contributed by atoms with Crippen LogP contribution in [0.4, 0.5) is 13.2 Å². The van der Waals surface area contributed by atoms with Crippen molar-refractivity contribution in [3.63, 3.8) is 0 Å². The third-order valence-electron chi connectivity index (χ3n) is 4.82. The van der Waals surface area contributed by atoms with Gasteiger partial charge in [-0.15, -0.1) is 0 Å². The standard InChI is InChI=1S/C17H22F3N3O3S/c18-17(19,20)14-2-1-3-15(10-14)27(25,26)21-11-16(24)23-8-6-22(7-9-23)12-13-4-5-13/h1-3,10,13,21H,4-9,11-12H2. The number of sulfonamides is 1. The highest BCUT2D eigenvalue weighted by Crippen LogP contribution is 2.31. The highest BCUT2D eigenvalue weighted by molar-refractivity contribution is 7.89. The molecule has 3 rings (SSSR count). The van der Waals surface area contributed by atoms with Crippen molar-refractivity contribution in [2.24, 2.45) is 5.92 Å². The van der Waals surface area contributed by atoms with Gasteiger partial charge in [-0.1, -0.05) is 6.07 Å². The van der Waals surface area contributed by atoms with E-state index in [1.165, 1.54) is 12.8 Å². The lowest BCUT2D eigenvalue weighted by Gasteiger charge is -2.34. The maximum atomic E-state index is 12.7. The molecule has 150 valence electrons. The van der Waals surface area contributed by atoms with Crippen molar-refractivity contribution in [2.45, 2.75) is 23.9 Å². The van der Waals surface area contributed by atoms with E-state index >= 15 is 0 Å². The van der Waals surface area contributed by atoms with E-state index in [2.05, 4.69) is 9.62 Å². The molecule has 1 saturated carbocycles. The minimum absolute atomic E-state index is 0.378. The number of benzene rings is 1. The van der Waals surface area contributed by atoms with E-state index in [1.54, 1.807) is 4.90 Å². The van der Waals surface area contributed by atoms with Crippen LogP contribution in [-0.2, 0) is 21.0 Å². The van der Waals surface area contributed by atoms with Crippen molar-refractivity contribution in [1.29, 1.82) is 0 Å². The van der Waals surface area contributed by atoms with Gasteiger partial charge in [-0.05, 0) is 37.0 Å². The zero-order chi connectivity index (χ0) is 19.7. The SMILES string of the molecule is O=C(CNS(=O)(=O)c1cccc(C(F)(F)F)c1)N1CCN(CC2CC2)CC1. The molecule has 1 saturated heterocycles. The van der Waals surface area contributed by atoms with E-state index in [-0.39, 0.29) is 5.91 Å². The predicted molar refractivity (Wildman–Crippen MR) is 92.4 cm³/mol. The second-order valence-corrected chi connectivity index (χ2v) is 8.74. The Morgan fingerprint density at radius 3 is 2.41 bits per heavy atom. The Balaban J connectivity index is 1.53. The molecule has 1 heterocycles. The molecular formula is C17H22F3N3O3S. The lowest BCUT2D eigenvalue weighted by atomic mass is 10.2. The molecule has 1 aromatic rings. The Kier molecular flexibility index (Phi) is 5.78. The summed E-state index contributed by atoms with van der Waals surface area (Å²) in [5.74, 6) is 0.392. The number of rotatable bonds is 6. The molecule has 10 heteroatoms. The lowest BCUT2D eigenvalue weighted by Crippen LogP contribution is -2.51. The number of nitrogens with one attached hydrogen (secondary N) is 1. The molecule has 6 nitrogen and oxygen atoms in total. The van der Waals surface area contributed by atoms with Gasteiger partial charge in [0.05, 0.1) is 17.0 Å². The fraction of sp³-hybridized carbons (Fsp3) is 0.588. The van der Waals surface area contributed by atoms with Crippen LogP contribution in [0.25, 0.3) is 0 Å². The van der Waals surface area contributed by atoms with Gasteiger partial charge in [0.15, 0.2) is 0 Å². The molecule has 0 atom stereocenters. The Morgan fingerprint density at radius 1 is 1.15 bits per heavy atom. The molecule has 0 unspecified atom stereocenters. The zero-order valence-corrected chi connectivity index (χ0v) is 15.5. The van der Waals surface area contributed by atoms with Gasteiger partial charge in [-0.25, -0.2) is 13.1 Å². The third-order valence-corrected chi connectivity index (χ3v) is 6.22. The third kappa shape index (κ3) is 5.43. The highest BCUT2D eigenvalue weighted by Gasteiger charge is 2.32. The van der Waals surface area contributed by atoms with E-state index in [1.807, 2.05) is 0 Å². The van der Waals surface area contributed by atoms with Gasteiger partial charge in [-0.2, -0.15) is 13.2 Å². The lowest BCUT2D eigenvalue weighted by molar-refractivity contribution is -0.137. The first-order valence-electron chi connectivity index (χ1n) is 8.82. The molecule has 1 amide bonds. The van der Waals surface area contributed by atoms with Crippen LogP contribution in [-0.4, -0.2) is 63.4 Å². The van der Waals surface area contributed by atoms with E-state index in [0.29, 0.717) is 19.2 Å². The Morgan fingerprint density at radius 2 is 1.81 bits per heavy atom. The molecule has 2 aliphatic rings. The molecule has 0 bridgehead atoms. The number of hydrogen-bond acceptors (Lipinski definition) is 4. The number of alkyl halides is 3. The van der Waals surface area contributed by atoms with Crippen LogP contribution in [0.2, 0.25) is 0 Å². The maximum absolute atomic E-state index is 12.7. The molecule has 1 N–H and O–H groups in total. The minimum atomic E-state index is -4.64. The summed E-state index contributed by atoms with van der Waals surface area (Å²) >= 11 is 0. The quantitative estimate of drug-likeness (QED) is 0.780. The summed E-state index contributed by atoms with van der Waals surface area (Å²) in [4.78, 5) is 15.6. The van der Waals surface area contributed by atoms with Crippen LogP contribution in [0.5, 0.6) is 0 Å². The van der Waals surface area contributed by atoms with Crippen LogP contribution in [0.15, 0.2) is 29.2 Å². The van der Waals surface area contributed by atoms with Gasteiger partial charge >= 0.3 is 6.18 Å². The van der Waals surface area contributed by atoms with E-state index in [4.69, 9.17) is 0 Å². The zero-order valence-electron chi connectivity index (χ0n) is 14.7. The summed E-state index contributed by atoms with van der Waals surface area (Å²) in [5.41, 5.74) is -1.05. The van der Waals surface area contributed by atoms with Crippen molar-refractivity contribution < 1.29 is 26.4 Å². The van der Waals surface area contributed by atoms with Crippen LogP contribution in [0.3, 0.4) is 0 Å². The number of halogens is 3. The summed E-state index contributed by atoms with van der Waals surface area (Å²) < 4.78 is 64.8. The summed E-state index contributed by atoms with van der Waals surface area (Å²) in [5, 5.41) is 0. The predicted octanol–water partition coefficient (Wildman–Crippen LogP) is 1.54. The molecule has 0 spiro atoms. The first-order valence-corrected chi connectivity index (χ1v) is 10.3. The molecule has 2 fully saturated rings. The largest absolute Gasteiger partial charge is 0.416 e. The van der Waals surface area contributed by atoms with Gasteiger partial charge in [0, 0.05) is 32.7 Å². The number of carbonyl (C=O) groups is 1. The average Bonchev–Trinajstić information content (AvgIpc) is 3.44. The fourth-order valence-corrected chi connectivity index (χ4v) is 4.06. The molecule has 1 aromatic carbocycles. The van der Waals surface area contributed by atoms with E-state index < -0.39 is 33.2 Å². The molecular weight excluding hydrogens is 383 g/mol. The van der Waals surface area contributed by atoms with Gasteiger partial charge in [-0.3, -0.25) is 9.69 Å². The van der Waals surface area contributed by atoms with Gasteiger partial charge in [0.2, 0.25) is 15.9 Å². The molecule has 1 aliphatic carbocycles. The maximum Gasteiger partial charge on any atom is 0.416 e. The van der Waals surface area contributed by atoms with Crippen molar-refractivity contribution in [2.75, 3.05) is 39.3 Å². The van der Waals surface area contributed by atoms with Crippen LogP contribution < -0.4 is 4.72 Å². The van der Waals surface area contributed by atoms with E-state index in [9.17, 15) is 26.4 Å². The normalized spacial score (nSPS) is 19.3. The smallest absolute Gasteiger partial charge is 0.339 e. The first-order chi connectivity index (χ1) is 12.6. The summed E-state index contributed by atoms with van der Waals surface area (Å²) in [7, 11) is -4.20. The second-order valence-electron chi connectivity index (χ2n) is 6.97. The molecule has 1 aliphatic heterocycles. The van der Waals surface area contributed by atoms with Crippen molar-refractivity contribution in [1.82, 2.24) is 14.5 Å². The van der Waals surface area contributed by atoms with Crippen molar-refractivity contribution in [3.8, 4) is 0 Å². The monoisotopic (exact) mass is 405 g/mol. The summed E-state index contributed by atoms with van der Waals surface area (Å²) in [6, 6.07) is 3.45. The second kappa shape index (κ2) is 7.76. The molecule has 0 radical (unpaired) electrons. The van der Waals surface area contributed by atoms with Gasteiger partial charge < -0.3 is 4.90 Å². The Hall–Kier alpha value is -1.65. The van der Waals surface area contributed by atoms with Crippen molar-refractivity contribution in [3.05, 3.63) is 29.8 Å². The Bertz CT molecular complexity index is 786. The first kappa shape index (κ1) is 20.1. The van der Waals surface area contributed by atoms with Crippen molar-refractivity contribution >= 4 is 15.9 Å². The minimum Gasteiger partial charge on any atom is -0.339 e. The number of piperazine rings is 1. The topological polar surface area (TPSA) is 69.7 Å². The van der Waals surface area contributed by atoms with Gasteiger partial charge in [0.1, 0.15) is 0 Å². The number of carbonyl (C=O) groups excluding carboxylic acids is 1. The Labute approximate surface area is 156 Å². The summed E-state index contributed by atoms with van der Waals surface area (Å²) in [6.45, 7) is 3.13. The van der Waals surface area contributed by atoms with Gasteiger partial charge in [0.25, 0.3) is 0 Å². The molecule has 27 heavy (non-hydrogen) atoms. The highest BCUT2D eigenvalue weighted by atomic mass is 32.2. The van der Waals surface area contributed by atoms with Crippen LogP contribution in [0.1, 0.15) is 18.4 Å². The number of hydrogen-bond donors (Lipinski definition) is 1. The number of nitrogens with zero attached hydrogens (tertiary/aromatic N) is 2.